The van der Waals surface area contributed by atoms with Crippen molar-refractivity contribution in [1.82, 2.24) is 0 Å². The van der Waals surface area contributed by atoms with Gasteiger partial charge in [-0.2, -0.15) is 0 Å². The average molecular weight is 295 g/mol. The third kappa shape index (κ3) is 2.84. The number of methoxy groups -OCH3 is 3. The second-order valence-electron chi connectivity index (χ2n) is 4.90. The van der Waals surface area contributed by atoms with E-state index in [1.165, 1.54) is 7.11 Å². The van der Waals surface area contributed by atoms with Gasteiger partial charge in [0.05, 0.1) is 27.0 Å². The monoisotopic (exact) mass is 295 g/mol. The third-order valence-electron chi connectivity index (χ3n) is 3.78. The van der Waals surface area contributed by atoms with Crippen molar-refractivity contribution in [2.24, 2.45) is 0 Å². The maximum Gasteiger partial charge on any atom is 0.326 e. The summed E-state index contributed by atoms with van der Waals surface area (Å²) in [5.74, 6) is 0.728. The smallest absolute Gasteiger partial charge is 0.326 e. The Morgan fingerprint density at radius 1 is 1.14 bits per heavy atom. The summed E-state index contributed by atoms with van der Waals surface area (Å²) >= 11 is 0. The van der Waals surface area contributed by atoms with Crippen LogP contribution < -0.4 is 19.1 Å². The van der Waals surface area contributed by atoms with Crippen LogP contribution in [0.1, 0.15) is 19.3 Å². The molecule has 1 heterocycles. The van der Waals surface area contributed by atoms with Crippen LogP contribution in [0.5, 0.6) is 17.2 Å². The first-order chi connectivity index (χ1) is 10.1. The molecule has 0 amide bonds. The molecule has 0 bridgehead atoms. The molecule has 0 radical (unpaired) electrons. The molecule has 1 saturated heterocycles. The predicted molar refractivity (Wildman–Crippen MR) is 78.7 cm³/mol. The summed E-state index contributed by atoms with van der Waals surface area (Å²) in [5, 5.41) is 9.42. The van der Waals surface area contributed by atoms with E-state index in [2.05, 4.69) is 0 Å². The molecule has 6 heteroatoms. The number of rotatable bonds is 5. The van der Waals surface area contributed by atoms with E-state index in [1.54, 1.807) is 20.3 Å². The van der Waals surface area contributed by atoms with Gasteiger partial charge in [-0.1, -0.05) is 0 Å². The number of carboxylic acids is 1. The van der Waals surface area contributed by atoms with Gasteiger partial charge in [0, 0.05) is 6.54 Å². The SMILES string of the molecule is COc1ccc(N2CCCCC2C(=O)O)c(OC)c1OC. The number of hydrogen-bond acceptors (Lipinski definition) is 5. The quantitative estimate of drug-likeness (QED) is 0.897. The number of ether oxygens (including phenoxy) is 3. The highest BCUT2D eigenvalue weighted by Crippen LogP contribution is 2.45. The highest BCUT2D eigenvalue weighted by Gasteiger charge is 2.31. The summed E-state index contributed by atoms with van der Waals surface area (Å²) in [5.41, 5.74) is 0.724. The molecule has 1 atom stereocenters. The van der Waals surface area contributed by atoms with Gasteiger partial charge >= 0.3 is 5.97 Å². The molecule has 6 nitrogen and oxygen atoms in total. The molecule has 1 unspecified atom stereocenters. The molecule has 0 spiro atoms. The molecule has 0 saturated carbocycles. The summed E-state index contributed by atoms with van der Waals surface area (Å²) in [6, 6.07) is 3.05. The maximum atomic E-state index is 11.5. The lowest BCUT2D eigenvalue weighted by Crippen LogP contribution is -2.44. The first-order valence-corrected chi connectivity index (χ1v) is 6.92. The Morgan fingerprint density at radius 2 is 1.86 bits per heavy atom. The van der Waals surface area contributed by atoms with Gasteiger partial charge in [-0.25, -0.2) is 4.79 Å². The normalized spacial score (nSPS) is 18.2. The van der Waals surface area contributed by atoms with Gasteiger partial charge < -0.3 is 24.2 Å². The molecule has 0 aliphatic carbocycles. The maximum absolute atomic E-state index is 11.5. The molecular formula is C15H21NO5. The second kappa shape index (κ2) is 6.56. The first-order valence-electron chi connectivity index (χ1n) is 6.92. The Morgan fingerprint density at radius 3 is 2.43 bits per heavy atom. The van der Waals surface area contributed by atoms with Gasteiger partial charge in [0.2, 0.25) is 5.75 Å². The molecule has 116 valence electrons. The van der Waals surface area contributed by atoms with Crippen LogP contribution in [0.15, 0.2) is 12.1 Å². The summed E-state index contributed by atoms with van der Waals surface area (Å²) in [4.78, 5) is 13.3. The lowest BCUT2D eigenvalue weighted by molar-refractivity contribution is -0.139. The van der Waals surface area contributed by atoms with E-state index in [9.17, 15) is 9.90 Å². The van der Waals surface area contributed by atoms with Crippen molar-refractivity contribution in [3.63, 3.8) is 0 Å². The van der Waals surface area contributed by atoms with Crippen molar-refractivity contribution >= 4 is 11.7 Å². The molecule has 1 fully saturated rings. The van der Waals surface area contributed by atoms with Crippen molar-refractivity contribution < 1.29 is 24.1 Å². The highest BCUT2D eigenvalue weighted by atomic mass is 16.5. The fourth-order valence-corrected chi connectivity index (χ4v) is 2.79. The van der Waals surface area contributed by atoms with Crippen molar-refractivity contribution in [3.8, 4) is 17.2 Å². The average Bonchev–Trinajstić information content (AvgIpc) is 2.53. The molecule has 2 rings (SSSR count). The van der Waals surface area contributed by atoms with Crippen LogP contribution >= 0.6 is 0 Å². The number of benzene rings is 1. The number of carboxylic acid groups (broad SMARTS) is 1. The van der Waals surface area contributed by atoms with Gasteiger partial charge in [0.1, 0.15) is 6.04 Å². The number of piperidine rings is 1. The van der Waals surface area contributed by atoms with Gasteiger partial charge in [0.25, 0.3) is 0 Å². The van der Waals surface area contributed by atoms with E-state index in [0.717, 1.165) is 18.5 Å². The van der Waals surface area contributed by atoms with Crippen molar-refractivity contribution in [3.05, 3.63) is 12.1 Å². The van der Waals surface area contributed by atoms with Crippen LogP contribution in [0.2, 0.25) is 0 Å². The lowest BCUT2D eigenvalue weighted by Gasteiger charge is -2.36. The Kier molecular flexibility index (Phi) is 4.77. The number of nitrogens with zero attached hydrogens (tertiary/aromatic N) is 1. The predicted octanol–water partition coefficient (Wildman–Crippen LogP) is 2.16. The van der Waals surface area contributed by atoms with E-state index < -0.39 is 12.0 Å². The highest BCUT2D eigenvalue weighted by molar-refractivity contribution is 5.81. The fourth-order valence-electron chi connectivity index (χ4n) is 2.79. The van der Waals surface area contributed by atoms with Crippen LogP contribution in [0.3, 0.4) is 0 Å². The van der Waals surface area contributed by atoms with Crippen LogP contribution in [0.25, 0.3) is 0 Å². The molecule has 1 aromatic rings. The van der Waals surface area contributed by atoms with Crippen molar-refractivity contribution in [1.29, 1.82) is 0 Å². The van der Waals surface area contributed by atoms with Crippen LogP contribution in [0, 0.1) is 0 Å². The molecular weight excluding hydrogens is 274 g/mol. The van der Waals surface area contributed by atoms with Crippen LogP contribution in [-0.2, 0) is 4.79 Å². The number of carbonyl (C=O) groups is 1. The standard InChI is InChI=1S/C15H21NO5/c1-19-12-8-7-10(13(20-2)14(12)21-3)16-9-5-4-6-11(16)15(17)18/h7-8,11H,4-6,9H2,1-3H3,(H,17,18). The van der Waals surface area contributed by atoms with Crippen LogP contribution in [-0.4, -0.2) is 45.0 Å². The molecule has 1 aliphatic heterocycles. The number of aliphatic carboxylic acids is 1. The molecule has 1 aliphatic rings. The van der Waals surface area contributed by atoms with Gasteiger partial charge in [-0.15, -0.1) is 0 Å². The van der Waals surface area contributed by atoms with Gasteiger partial charge in [-0.05, 0) is 31.4 Å². The molecule has 1 aromatic carbocycles. The van der Waals surface area contributed by atoms with Gasteiger partial charge in [0.15, 0.2) is 11.5 Å². The Labute approximate surface area is 124 Å². The number of anilines is 1. The second-order valence-corrected chi connectivity index (χ2v) is 4.90. The Balaban J connectivity index is 2.49. The zero-order valence-corrected chi connectivity index (χ0v) is 12.6. The van der Waals surface area contributed by atoms with E-state index in [-0.39, 0.29) is 0 Å². The van der Waals surface area contributed by atoms with Gasteiger partial charge in [-0.3, -0.25) is 0 Å². The minimum atomic E-state index is -0.813. The zero-order chi connectivity index (χ0) is 15.4. The fraction of sp³-hybridized carbons (Fsp3) is 0.533. The Bertz CT molecular complexity index is 517. The first kappa shape index (κ1) is 15.3. The largest absolute Gasteiger partial charge is 0.493 e. The van der Waals surface area contributed by atoms with E-state index in [1.807, 2.05) is 11.0 Å². The summed E-state index contributed by atoms with van der Waals surface area (Å²) in [6.07, 6.45) is 2.51. The van der Waals surface area contributed by atoms with Crippen molar-refractivity contribution in [2.45, 2.75) is 25.3 Å². The minimum Gasteiger partial charge on any atom is -0.493 e. The van der Waals surface area contributed by atoms with E-state index in [0.29, 0.717) is 30.2 Å². The molecule has 21 heavy (non-hydrogen) atoms. The third-order valence-corrected chi connectivity index (χ3v) is 3.78. The van der Waals surface area contributed by atoms with Crippen molar-refractivity contribution in [2.75, 3.05) is 32.8 Å². The van der Waals surface area contributed by atoms with Crippen LogP contribution in [0.4, 0.5) is 5.69 Å². The zero-order valence-electron chi connectivity index (χ0n) is 12.6. The Hall–Kier alpha value is -2.11. The summed E-state index contributed by atoms with van der Waals surface area (Å²) in [6.45, 7) is 0.683. The summed E-state index contributed by atoms with van der Waals surface area (Å²) < 4.78 is 16.1. The van der Waals surface area contributed by atoms with E-state index >= 15 is 0 Å². The lowest BCUT2D eigenvalue weighted by atomic mass is 10.0. The topological polar surface area (TPSA) is 68.2 Å². The number of hydrogen-bond donors (Lipinski definition) is 1. The minimum absolute atomic E-state index is 0.479. The molecule has 0 aromatic heterocycles. The molecule has 1 N–H and O–H groups in total. The van der Waals surface area contributed by atoms with E-state index in [4.69, 9.17) is 14.2 Å². The summed E-state index contributed by atoms with van der Waals surface area (Å²) in [7, 11) is 4.63.